The van der Waals surface area contributed by atoms with Crippen LogP contribution in [0.3, 0.4) is 0 Å². The minimum absolute atomic E-state index is 0.0285. The largest absolute Gasteiger partial charge is 0.350 e. The summed E-state index contributed by atoms with van der Waals surface area (Å²) in [7, 11) is -3.98. The van der Waals surface area contributed by atoms with E-state index in [1.54, 1.807) is 13.0 Å². The second-order valence-electron chi connectivity index (χ2n) is 10.8. The lowest BCUT2D eigenvalue weighted by Gasteiger charge is -2.33. The third kappa shape index (κ3) is 9.09. The fourth-order valence-corrected chi connectivity index (χ4v) is 6.51. The summed E-state index contributed by atoms with van der Waals surface area (Å²) in [6, 6.07) is 17.3. The summed E-state index contributed by atoms with van der Waals surface area (Å²) in [5.74, 6) is 3.39. The molecule has 0 spiro atoms. The first-order chi connectivity index (χ1) is 20.1. The van der Waals surface area contributed by atoms with E-state index >= 15 is 0 Å². The number of rotatable bonds is 14. The van der Waals surface area contributed by atoms with Crippen molar-refractivity contribution >= 4 is 33.8 Å². The molecule has 228 valence electrons. The van der Waals surface area contributed by atoms with Gasteiger partial charge in [-0.2, -0.15) is 0 Å². The van der Waals surface area contributed by atoms with Gasteiger partial charge >= 0.3 is 0 Å². The molecule has 0 aliphatic carbocycles. The molecule has 3 atom stereocenters. The van der Waals surface area contributed by atoms with Crippen LogP contribution in [0.4, 0.5) is 0 Å². The van der Waals surface area contributed by atoms with E-state index in [0.717, 1.165) is 35.8 Å². The number of carbonyl (C=O) groups excluding carboxylic acids is 2. The van der Waals surface area contributed by atoms with E-state index in [1.807, 2.05) is 73.7 Å². The van der Waals surface area contributed by atoms with Crippen molar-refractivity contribution in [1.29, 1.82) is 0 Å². The summed E-state index contributed by atoms with van der Waals surface area (Å²) < 4.78 is 30.3. The number of allylic oxidation sites excluding steroid dienone is 1. The topological polar surface area (TPSA) is 137 Å². The first-order valence-electron chi connectivity index (χ1n) is 14.4. The lowest BCUT2D eigenvalue weighted by atomic mass is 9.83. The van der Waals surface area contributed by atoms with Crippen LogP contribution in [0.5, 0.6) is 0 Å². The SMILES string of the molecule is CCC[C@@](C/C(=C\c1ccc(C)cc1)[C@H](CC=Cc1ccccc1)C(=O)NOC1CCCCO1)(C(=O)NN)S(C)(=O)=O. The number of carbonyl (C=O) groups is 2. The Morgan fingerprint density at radius 2 is 1.83 bits per heavy atom. The molecule has 1 unspecified atom stereocenters. The summed E-state index contributed by atoms with van der Waals surface area (Å²) >= 11 is 0. The molecule has 2 amide bonds. The lowest BCUT2D eigenvalue weighted by Crippen LogP contribution is -2.54. The Morgan fingerprint density at radius 3 is 2.43 bits per heavy atom. The Hall–Kier alpha value is -3.31. The number of benzene rings is 2. The molecule has 9 nitrogen and oxygen atoms in total. The van der Waals surface area contributed by atoms with Crippen LogP contribution in [0.25, 0.3) is 12.2 Å². The highest BCUT2D eigenvalue weighted by atomic mass is 32.2. The minimum Gasteiger partial charge on any atom is -0.350 e. The first kappa shape index (κ1) is 33.2. The Balaban J connectivity index is 2.09. The van der Waals surface area contributed by atoms with Gasteiger partial charge < -0.3 is 4.74 Å². The number of ether oxygens (including phenoxy) is 1. The van der Waals surface area contributed by atoms with Crippen molar-refractivity contribution in [1.82, 2.24) is 10.9 Å². The van der Waals surface area contributed by atoms with E-state index in [2.05, 4.69) is 10.9 Å². The molecule has 42 heavy (non-hydrogen) atoms. The van der Waals surface area contributed by atoms with E-state index in [9.17, 15) is 18.0 Å². The fraction of sp³-hybridized carbons (Fsp3) is 0.438. The zero-order chi connectivity index (χ0) is 30.6. The number of nitrogens with one attached hydrogen (secondary N) is 2. The Kier molecular flexibility index (Phi) is 12.5. The van der Waals surface area contributed by atoms with Gasteiger partial charge in [-0.25, -0.2) is 24.6 Å². The van der Waals surface area contributed by atoms with Crippen LogP contribution in [-0.4, -0.2) is 44.1 Å². The van der Waals surface area contributed by atoms with Crippen LogP contribution < -0.4 is 16.7 Å². The molecule has 2 aromatic carbocycles. The Labute approximate surface area is 249 Å². The Bertz CT molecular complexity index is 1340. The van der Waals surface area contributed by atoms with E-state index in [-0.39, 0.29) is 19.3 Å². The Morgan fingerprint density at radius 1 is 1.12 bits per heavy atom. The minimum atomic E-state index is -3.98. The summed E-state index contributed by atoms with van der Waals surface area (Å²) in [6.45, 7) is 4.31. The number of hydroxylamine groups is 1. The molecule has 1 aliphatic heterocycles. The highest BCUT2D eigenvalue weighted by molar-refractivity contribution is 7.92. The maximum atomic E-state index is 13.8. The van der Waals surface area contributed by atoms with E-state index in [4.69, 9.17) is 15.4 Å². The number of nitrogens with two attached hydrogens (primary N) is 1. The van der Waals surface area contributed by atoms with Crippen molar-refractivity contribution in [2.45, 2.75) is 69.8 Å². The van der Waals surface area contributed by atoms with Crippen LogP contribution >= 0.6 is 0 Å². The summed E-state index contributed by atoms with van der Waals surface area (Å²) in [5, 5.41) is 0. The van der Waals surface area contributed by atoms with Gasteiger partial charge in [0.05, 0.1) is 5.92 Å². The molecule has 4 N–H and O–H groups in total. The highest BCUT2D eigenvalue weighted by Gasteiger charge is 2.48. The third-order valence-electron chi connectivity index (χ3n) is 7.50. The number of amides is 2. The summed E-state index contributed by atoms with van der Waals surface area (Å²) in [5.41, 5.74) is 7.87. The molecule has 10 heteroatoms. The van der Waals surface area contributed by atoms with Crippen LogP contribution in [0, 0.1) is 12.8 Å². The van der Waals surface area contributed by atoms with Crippen LogP contribution in [-0.2, 0) is 29.0 Å². The molecule has 1 aliphatic rings. The number of hydrogen-bond donors (Lipinski definition) is 3. The second-order valence-corrected chi connectivity index (χ2v) is 13.1. The van der Waals surface area contributed by atoms with Gasteiger partial charge in [0.25, 0.3) is 11.8 Å². The highest BCUT2D eigenvalue weighted by Crippen LogP contribution is 2.36. The summed E-state index contributed by atoms with van der Waals surface area (Å²) in [4.78, 5) is 32.7. The maximum absolute atomic E-state index is 13.8. The van der Waals surface area contributed by atoms with E-state index < -0.39 is 38.6 Å². The van der Waals surface area contributed by atoms with E-state index in [1.165, 1.54) is 0 Å². The normalized spacial score (nSPS) is 18.3. The van der Waals surface area contributed by atoms with Gasteiger partial charge in [-0.05, 0) is 50.2 Å². The monoisotopic (exact) mass is 597 g/mol. The van der Waals surface area contributed by atoms with Crippen molar-refractivity contribution in [3.05, 3.63) is 82.9 Å². The predicted molar refractivity (Wildman–Crippen MR) is 165 cm³/mol. The summed E-state index contributed by atoms with van der Waals surface area (Å²) in [6.07, 6.45) is 8.96. The smallest absolute Gasteiger partial charge is 0.255 e. The molecular formula is C32H43N3O6S. The zero-order valence-corrected chi connectivity index (χ0v) is 25.5. The maximum Gasteiger partial charge on any atom is 0.255 e. The van der Waals surface area contributed by atoms with Gasteiger partial charge in [-0.1, -0.05) is 97.3 Å². The molecule has 1 heterocycles. The van der Waals surface area contributed by atoms with Crippen molar-refractivity contribution in [2.75, 3.05) is 12.9 Å². The van der Waals surface area contributed by atoms with Crippen LogP contribution in [0.15, 0.2) is 66.2 Å². The molecule has 0 aromatic heterocycles. The second kappa shape index (κ2) is 15.8. The van der Waals surface area contributed by atoms with Crippen LogP contribution in [0.2, 0.25) is 0 Å². The van der Waals surface area contributed by atoms with Gasteiger partial charge in [-0.15, -0.1) is 0 Å². The van der Waals surface area contributed by atoms with Crippen molar-refractivity contribution in [2.24, 2.45) is 11.8 Å². The average Bonchev–Trinajstić information content (AvgIpc) is 2.98. The molecule has 3 rings (SSSR count). The lowest BCUT2D eigenvalue weighted by molar-refractivity contribution is -0.201. The molecule has 0 bridgehead atoms. The molecule has 1 fully saturated rings. The number of sulfone groups is 1. The van der Waals surface area contributed by atoms with Gasteiger partial charge in [0.2, 0.25) is 0 Å². The van der Waals surface area contributed by atoms with Crippen molar-refractivity contribution < 1.29 is 27.6 Å². The van der Waals surface area contributed by atoms with Gasteiger partial charge in [0, 0.05) is 19.3 Å². The first-order valence-corrected chi connectivity index (χ1v) is 16.2. The number of hydrogen-bond acceptors (Lipinski definition) is 7. The molecule has 0 radical (unpaired) electrons. The van der Waals surface area contributed by atoms with E-state index in [0.29, 0.717) is 25.0 Å². The van der Waals surface area contributed by atoms with Gasteiger partial charge in [-0.3, -0.25) is 15.0 Å². The zero-order valence-electron chi connectivity index (χ0n) is 24.7. The third-order valence-corrected chi connectivity index (χ3v) is 9.46. The predicted octanol–water partition coefficient (Wildman–Crippen LogP) is 4.64. The molecule has 2 aromatic rings. The van der Waals surface area contributed by atoms with Crippen molar-refractivity contribution in [3.63, 3.8) is 0 Å². The quantitative estimate of drug-likeness (QED) is 0.164. The average molecular weight is 598 g/mol. The molecule has 0 saturated carbocycles. The fourth-order valence-electron chi connectivity index (χ4n) is 5.11. The number of hydrazine groups is 1. The van der Waals surface area contributed by atoms with Gasteiger partial charge in [0.1, 0.15) is 0 Å². The number of aryl methyl sites for hydroxylation is 1. The van der Waals surface area contributed by atoms with Gasteiger partial charge in [0.15, 0.2) is 20.9 Å². The standard InChI is InChI=1S/C32H43N3O6S/c1-4-20-32(31(37)34-33,42(3,38)39)23-27(22-26-18-16-24(2)17-19-26)28(14-10-13-25-11-6-5-7-12-25)30(36)35-41-29-15-8-9-21-40-29/h5-7,10-13,16-19,22,28-29H,4,8-9,14-15,20-21,23,33H2,1-3H3,(H,34,37)(H,35,36)/b13-10?,27-22+/t28-,29?,32+/m0/s1. The van der Waals surface area contributed by atoms with Crippen molar-refractivity contribution in [3.8, 4) is 0 Å². The molecular weight excluding hydrogens is 554 g/mol. The molecule has 1 saturated heterocycles. The van der Waals surface area contributed by atoms with Crippen LogP contribution in [0.1, 0.15) is 68.6 Å².